The molecule has 0 bridgehead atoms. The van der Waals surface area contributed by atoms with Crippen LogP contribution in [0.15, 0.2) is 42.5 Å². The molecule has 0 atom stereocenters. The third kappa shape index (κ3) is 4.30. The van der Waals surface area contributed by atoms with Gasteiger partial charge in [-0.25, -0.2) is 4.39 Å². The molecule has 1 saturated heterocycles. The number of nitrogens with zero attached hydrogens (tertiary/aromatic N) is 1. The van der Waals surface area contributed by atoms with Crippen molar-refractivity contribution in [1.29, 1.82) is 5.26 Å². The molecule has 118 valence electrons. The van der Waals surface area contributed by atoms with Gasteiger partial charge in [-0.3, -0.25) is 0 Å². The lowest BCUT2D eigenvalue weighted by Gasteiger charge is -2.22. The van der Waals surface area contributed by atoms with Crippen LogP contribution < -0.4 is 10.1 Å². The van der Waals surface area contributed by atoms with Crippen molar-refractivity contribution in [1.82, 2.24) is 5.32 Å². The summed E-state index contributed by atoms with van der Waals surface area (Å²) in [6, 6.07) is 13.8. The Kier molecular flexibility index (Phi) is 4.89. The first kappa shape index (κ1) is 15.5. The number of nitriles is 1. The maximum absolute atomic E-state index is 13.4. The molecule has 0 aromatic heterocycles. The van der Waals surface area contributed by atoms with E-state index in [1.165, 1.54) is 36.6 Å². The molecule has 0 saturated carbocycles. The second-order valence-electron chi connectivity index (χ2n) is 5.93. The van der Waals surface area contributed by atoms with Gasteiger partial charge in [-0.1, -0.05) is 12.1 Å². The number of hydrogen-bond donors (Lipinski definition) is 1. The van der Waals surface area contributed by atoms with E-state index in [1.54, 1.807) is 0 Å². The van der Waals surface area contributed by atoms with Crippen LogP contribution in [0.3, 0.4) is 0 Å². The van der Waals surface area contributed by atoms with Crippen LogP contribution in [-0.4, -0.2) is 13.1 Å². The lowest BCUT2D eigenvalue weighted by atomic mass is 9.91. The SMILES string of the molecule is N#Cc1cc(F)cc(Oc2ccc(CC3CCNCC3)cc2)c1. The molecule has 0 aliphatic carbocycles. The number of ether oxygens (including phenoxy) is 1. The standard InChI is InChI=1S/C19H19FN2O/c20-17-10-16(13-21)11-19(12-17)23-18-3-1-14(2-4-18)9-15-5-7-22-8-6-15/h1-4,10-12,15,22H,5-9H2. The number of rotatable bonds is 4. The molecule has 4 heteroatoms. The lowest BCUT2D eigenvalue weighted by molar-refractivity contribution is 0.372. The van der Waals surface area contributed by atoms with Crippen LogP contribution in [0.25, 0.3) is 0 Å². The molecular weight excluding hydrogens is 291 g/mol. The average molecular weight is 310 g/mol. The molecule has 2 aromatic carbocycles. The smallest absolute Gasteiger partial charge is 0.131 e. The number of nitrogens with one attached hydrogen (secondary N) is 1. The highest BCUT2D eigenvalue weighted by atomic mass is 19.1. The Balaban J connectivity index is 1.65. The minimum Gasteiger partial charge on any atom is -0.457 e. The maximum Gasteiger partial charge on any atom is 0.131 e. The van der Waals surface area contributed by atoms with Crippen molar-refractivity contribution in [2.75, 3.05) is 13.1 Å². The molecule has 0 radical (unpaired) electrons. The van der Waals surface area contributed by atoms with Gasteiger partial charge in [-0.2, -0.15) is 5.26 Å². The van der Waals surface area contributed by atoms with Gasteiger partial charge in [0.05, 0.1) is 11.6 Å². The largest absolute Gasteiger partial charge is 0.457 e. The fourth-order valence-electron chi connectivity index (χ4n) is 2.94. The third-order valence-electron chi connectivity index (χ3n) is 4.14. The fraction of sp³-hybridized carbons (Fsp3) is 0.316. The number of halogens is 1. The molecule has 23 heavy (non-hydrogen) atoms. The third-order valence-corrected chi connectivity index (χ3v) is 4.14. The van der Waals surface area contributed by atoms with E-state index in [-0.39, 0.29) is 5.56 Å². The Morgan fingerprint density at radius 3 is 2.52 bits per heavy atom. The van der Waals surface area contributed by atoms with Crippen molar-refractivity contribution >= 4 is 0 Å². The summed E-state index contributed by atoms with van der Waals surface area (Å²) in [6.07, 6.45) is 3.53. The van der Waals surface area contributed by atoms with E-state index in [0.717, 1.165) is 25.4 Å². The van der Waals surface area contributed by atoms with E-state index in [4.69, 9.17) is 10.00 Å². The van der Waals surface area contributed by atoms with E-state index >= 15 is 0 Å². The van der Waals surface area contributed by atoms with Gasteiger partial charge in [0, 0.05) is 6.07 Å². The van der Waals surface area contributed by atoms with Crippen LogP contribution in [0, 0.1) is 23.1 Å². The molecule has 0 unspecified atom stereocenters. The highest BCUT2D eigenvalue weighted by Crippen LogP contribution is 2.25. The minimum atomic E-state index is -0.471. The van der Waals surface area contributed by atoms with Crippen molar-refractivity contribution in [3.05, 3.63) is 59.4 Å². The zero-order valence-corrected chi connectivity index (χ0v) is 12.9. The zero-order chi connectivity index (χ0) is 16.1. The summed E-state index contributed by atoms with van der Waals surface area (Å²) in [7, 11) is 0. The zero-order valence-electron chi connectivity index (χ0n) is 12.9. The van der Waals surface area contributed by atoms with Crippen LogP contribution in [-0.2, 0) is 6.42 Å². The normalized spacial score (nSPS) is 15.1. The van der Waals surface area contributed by atoms with Crippen LogP contribution in [0.2, 0.25) is 0 Å². The second-order valence-corrected chi connectivity index (χ2v) is 5.93. The lowest BCUT2D eigenvalue weighted by Crippen LogP contribution is -2.28. The molecule has 1 N–H and O–H groups in total. The second kappa shape index (κ2) is 7.26. The summed E-state index contributed by atoms with van der Waals surface area (Å²) in [6.45, 7) is 2.21. The van der Waals surface area contributed by atoms with Gasteiger partial charge in [0.2, 0.25) is 0 Å². The van der Waals surface area contributed by atoms with Crippen molar-refractivity contribution in [2.45, 2.75) is 19.3 Å². The molecule has 1 fully saturated rings. The molecule has 0 spiro atoms. The Bertz CT molecular complexity index is 700. The van der Waals surface area contributed by atoms with Gasteiger partial charge in [-0.05, 0) is 68.1 Å². The fourth-order valence-corrected chi connectivity index (χ4v) is 2.94. The monoisotopic (exact) mass is 310 g/mol. The van der Waals surface area contributed by atoms with Gasteiger partial charge in [0.15, 0.2) is 0 Å². The van der Waals surface area contributed by atoms with Gasteiger partial charge < -0.3 is 10.1 Å². The molecular formula is C19H19FN2O. The Hall–Kier alpha value is -2.38. The summed E-state index contributed by atoms with van der Waals surface area (Å²) >= 11 is 0. The van der Waals surface area contributed by atoms with Crippen LogP contribution in [0.4, 0.5) is 4.39 Å². The van der Waals surface area contributed by atoms with Crippen molar-refractivity contribution < 1.29 is 9.13 Å². The number of piperidine rings is 1. The minimum absolute atomic E-state index is 0.252. The Labute approximate surface area is 135 Å². The van der Waals surface area contributed by atoms with E-state index in [1.807, 2.05) is 18.2 Å². The van der Waals surface area contributed by atoms with Gasteiger partial charge in [0.25, 0.3) is 0 Å². The molecule has 3 nitrogen and oxygen atoms in total. The Morgan fingerprint density at radius 2 is 1.83 bits per heavy atom. The highest BCUT2D eigenvalue weighted by Gasteiger charge is 2.13. The van der Waals surface area contributed by atoms with Crippen molar-refractivity contribution in [3.8, 4) is 17.6 Å². The molecule has 1 heterocycles. The Morgan fingerprint density at radius 1 is 1.09 bits per heavy atom. The first-order valence-electron chi connectivity index (χ1n) is 7.91. The molecule has 3 rings (SSSR count). The number of hydrogen-bond acceptors (Lipinski definition) is 3. The van der Waals surface area contributed by atoms with Gasteiger partial charge in [-0.15, -0.1) is 0 Å². The van der Waals surface area contributed by atoms with Gasteiger partial charge >= 0.3 is 0 Å². The summed E-state index contributed by atoms with van der Waals surface area (Å²) in [5.74, 6) is 1.26. The first-order chi connectivity index (χ1) is 11.2. The topological polar surface area (TPSA) is 45.0 Å². The average Bonchev–Trinajstić information content (AvgIpc) is 2.57. The quantitative estimate of drug-likeness (QED) is 0.927. The summed E-state index contributed by atoms with van der Waals surface area (Å²) in [5.41, 5.74) is 1.55. The molecule has 2 aromatic rings. The maximum atomic E-state index is 13.4. The highest BCUT2D eigenvalue weighted by molar-refractivity contribution is 5.40. The predicted octanol–water partition coefficient (Wildman–Crippen LogP) is 4.03. The molecule has 1 aliphatic heterocycles. The summed E-state index contributed by atoms with van der Waals surface area (Å²) < 4.78 is 19.1. The first-order valence-corrected chi connectivity index (χ1v) is 7.91. The van der Waals surface area contributed by atoms with Crippen LogP contribution in [0.5, 0.6) is 11.5 Å². The summed E-state index contributed by atoms with van der Waals surface area (Å²) in [4.78, 5) is 0. The summed E-state index contributed by atoms with van der Waals surface area (Å²) in [5, 5.41) is 12.2. The van der Waals surface area contributed by atoms with E-state index < -0.39 is 5.82 Å². The number of benzene rings is 2. The van der Waals surface area contributed by atoms with E-state index in [0.29, 0.717) is 11.5 Å². The van der Waals surface area contributed by atoms with Gasteiger partial charge in [0.1, 0.15) is 17.3 Å². The van der Waals surface area contributed by atoms with E-state index in [2.05, 4.69) is 17.4 Å². The molecule has 1 aliphatic rings. The molecule has 0 amide bonds. The van der Waals surface area contributed by atoms with E-state index in [9.17, 15) is 4.39 Å². The van der Waals surface area contributed by atoms with Crippen molar-refractivity contribution in [3.63, 3.8) is 0 Å². The van der Waals surface area contributed by atoms with Crippen LogP contribution >= 0.6 is 0 Å². The predicted molar refractivity (Wildman–Crippen MR) is 86.9 cm³/mol. The van der Waals surface area contributed by atoms with Crippen molar-refractivity contribution in [2.24, 2.45) is 5.92 Å². The van der Waals surface area contributed by atoms with Crippen LogP contribution in [0.1, 0.15) is 24.0 Å².